The van der Waals surface area contributed by atoms with Crippen molar-refractivity contribution in [3.8, 4) is 0 Å². The zero-order valence-electron chi connectivity index (χ0n) is 12.0. The van der Waals surface area contributed by atoms with Crippen LogP contribution in [0.25, 0.3) is 0 Å². The topological polar surface area (TPSA) is 42.3 Å². The second-order valence-electron chi connectivity index (χ2n) is 4.85. The zero-order valence-corrected chi connectivity index (χ0v) is 12.0. The molecule has 0 unspecified atom stereocenters. The van der Waals surface area contributed by atoms with Gasteiger partial charge in [-0.1, -0.05) is 0 Å². The average molecular weight is 254 g/mol. The maximum absolute atomic E-state index is 4.98. The van der Waals surface area contributed by atoms with Crippen LogP contribution in [0.4, 0.5) is 0 Å². The van der Waals surface area contributed by atoms with Crippen LogP contribution in [-0.2, 0) is 17.8 Å². The van der Waals surface area contributed by atoms with Crippen LogP contribution in [0.15, 0.2) is 12.5 Å². The van der Waals surface area contributed by atoms with Crippen molar-refractivity contribution in [2.24, 2.45) is 0 Å². The van der Waals surface area contributed by atoms with E-state index >= 15 is 0 Å². The Balaban J connectivity index is 2.25. The van der Waals surface area contributed by atoms with Crippen LogP contribution in [0.2, 0.25) is 0 Å². The van der Waals surface area contributed by atoms with Crippen molar-refractivity contribution in [2.45, 2.75) is 33.0 Å². The Labute approximate surface area is 110 Å². The highest BCUT2D eigenvalue weighted by Crippen LogP contribution is 1.98. The number of nitrogens with zero attached hydrogens (tertiary/aromatic N) is 3. The first-order chi connectivity index (χ1) is 8.63. The molecule has 0 aliphatic heterocycles. The Hall–Kier alpha value is -0.910. The summed E-state index contributed by atoms with van der Waals surface area (Å²) in [6.07, 6.45) is 4.01. The third-order valence-electron chi connectivity index (χ3n) is 3.07. The van der Waals surface area contributed by atoms with Gasteiger partial charge in [0.25, 0.3) is 0 Å². The van der Waals surface area contributed by atoms with E-state index in [-0.39, 0.29) is 0 Å². The summed E-state index contributed by atoms with van der Waals surface area (Å²) in [6, 6.07) is 0.587. The predicted octanol–water partition coefficient (Wildman–Crippen LogP) is 0.959. The molecule has 5 heteroatoms. The van der Waals surface area contributed by atoms with Crippen molar-refractivity contribution < 1.29 is 4.74 Å². The molecule has 1 aromatic rings. The first kappa shape index (κ1) is 15.1. The molecule has 0 fully saturated rings. The minimum Gasteiger partial charge on any atom is -0.383 e. The Kier molecular flexibility index (Phi) is 6.93. The summed E-state index contributed by atoms with van der Waals surface area (Å²) < 4.78 is 7.12. The average Bonchev–Trinajstić information content (AvgIpc) is 2.79. The van der Waals surface area contributed by atoms with Crippen LogP contribution in [0.5, 0.6) is 0 Å². The molecule has 1 aromatic heterocycles. The first-order valence-electron chi connectivity index (χ1n) is 6.54. The van der Waals surface area contributed by atoms with Gasteiger partial charge in [0.15, 0.2) is 0 Å². The maximum atomic E-state index is 4.98. The van der Waals surface area contributed by atoms with Crippen molar-refractivity contribution >= 4 is 0 Å². The molecule has 0 bridgehead atoms. The van der Waals surface area contributed by atoms with E-state index in [1.807, 2.05) is 6.33 Å². The van der Waals surface area contributed by atoms with Gasteiger partial charge in [0.05, 0.1) is 18.6 Å². The number of ether oxygens (including phenoxy) is 1. The van der Waals surface area contributed by atoms with Crippen molar-refractivity contribution in [3.63, 3.8) is 0 Å². The quantitative estimate of drug-likeness (QED) is 0.667. The molecule has 0 saturated carbocycles. The molecule has 0 radical (unpaired) electrons. The summed E-state index contributed by atoms with van der Waals surface area (Å²) >= 11 is 0. The van der Waals surface area contributed by atoms with Crippen LogP contribution in [-0.4, -0.2) is 54.3 Å². The SMILES string of the molecule is COCCNCc1cn(CCN(C)C(C)C)cn1. The number of methoxy groups -OCH3 is 1. The van der Waals surface area contributed by atoms with Crippen LogP contribution in [0.3, 0.4) is 0 Å². The maximum Gasteiger partial charge on any atom is 0.0950 e. The Morgan fingerprint density at radius 1 is 1.50 bits per heavy atom. The standard InChI is InChI=1S/C13H26N4O/c1-12(2)16(3)6-7-17-10-13(15-11-17)9-14-5-8-18-4/h10-12,14H,5-9H2,1-4H3. The molecule has 18 heavy (non-hydrogen) atoms. The van der Waals surface area contributed by atoms with Crippen molar-refractivity contribution in [2.75, 3.05) is 33.9 Å². The lowest BCUT2D eigenvalue weighted by Crippen LogP contribution is -2.29. The number of imidazole rings is 1. The third kappa shape index (κ3) is 5.62. The van der Waals surface area contributed by atoms with Gasteiger partial charge < -0.3 is 19.5 Å². The van der Waals surface area contributed by atoms with Crippen molar-refractivity contribution in [1.82, 2.24) is 19.8 Å². The molecule has 0 aromatic carbocycles. The first-order valence-corrected chi connectivity index (χ1v) is 6.54. The molecule has 5 nitrogen and oxygen atoms in total. The van der Waals surface area contributed by atoms with Gasteiger partial charge in [-0.25, -0.2) is 4.98 Å². The number of likely N-dealkylation sites (N-methyl/N-ethyl adjacent to an activating group) is 1. The summed E-state index contributed by atoms with van der Waals surface area (Å²) in [4.78, 5) is 6.71. The van der Waals surface area contributed by atoms with Gasteiger partial charge >= 0.3 is 0 Å². The van der Waals surface area contributed by atoms with Gasteiger partial charge in [0, 0.05) is 45.5 Å². The summed E-state index contributed by atoms with van der Waals surface area (Å²) in [6.45, 7) is 8.85. The van der Waals surface area contributed by atoms with Gasteiger partial charge in [0.2, 0.25) is 0 Å². The fraction of sp³-hybridized carbons (Fsp3) is 0.769. The number of rotatable bonds is 9. The lowest BCUT2D eigenvalue weighted by molar-refractivity contribution is 0.199. The molecule has 0 aliphatic rings. The van der Waals surface area contributed by atoms with Gasteiger partial charge in [-0.15, -0.1) is 0 Å². The highest BCUT2D eigenvalue weighted by molar-refractivity contribution is 4.96. The minimum absolute atomic E-state index is 0.587. The van der Waals surface area contributed by atoms with E-state index in [1.54, 1.807) is 7.11 Å². The van der Waals surface area contributed by atoms with Gasteiger partial charge in [-0.2, -0.15) is 0 Å². The lowest BCUT2D eigenvalue weighted by Gasteiger charge is -2.20. The molecule has 1 heterocycles. The number of aromatic nitrogens is 2. The second kappa shape index (κ2) is 8.24. The molecule has 1 N–H and O–H groups in total. The lowest BCUT2D eigenvalue weighted by atomic mass is 10.3. The van der Waals surface area contributed by atoms with E-state index in [4.69, 9.17) is 4.74 Å². The molecule has 0 spiro atoms. The number of nitrogens with one attached hydrogen (secondary N) is 1. The van der Waals surface area contributed by atoms with E-state index in [2.05, 4.69) is 46.9 Å². The van der Waals surface area contributed by atoms with Crippen LogP contribution in [0.1, 0.15) is 19.5 Å². The van der Waals surface area contributed by atoms with Crippen LogP contribution >= 0.6 is 0 Å². The summed E-state index contributed by atoms with van der Waals surface area (Å²) in [7, 11) is 3.86. The number of hydrogen-bond donors (Lipinski definition) is 1. The van der Waals surface area contributed by atoms with Crippen molar-refractivity contribution in [1.29, 1.82) is 0 Å². The summed E-state index contributed by atoms with van der Waals surface area (Å²) in [5, 5.41) is 3.29. The molecule has 1 rings (SSSR count). The molecule has 0 amide bonds. The van der Waals surface area contributed by atoms with Crippen LogP contribution < -0.4 is 5.32 Å². The van der Waals surface area contributed by atoms with Crippen molar-refractivity contribution in [3.05, 3.63) is 18.2 Å². The Morgan fingerprint density at radius 3 is 2.94 bits per heavy atom. The second-order valence-corrected chi connectivity index (χ2v) is 4.85. The van der Waals surface area contributed by atoms with E-state index in [9.17, 15) is 0 Å². The fourth-order valence-electron chi connectivity index (χ4n) is 1.54. The smallest absolute Gasteiger partial charge is 0.0950 e. The Bertz CT molecular complexity index is 325. The highest BCUT2D eigenvalue weighted by atomic mass is 16.5. The van der Waals surface area contributed by atoms with E-state index in [0.717, 1.165) is 38.5 Å². The van der Waals surface area contributed by atoms with Crippen LogP contribution in [0, 0.1) is 0 Å². The van der Waals surface area contributed by atoms with E-state index in [1.165, 1.54) is 0 Å². The van der Waals surface area contributed by atoms with Gasteiger partial charge in [0.1, 0.15) is 0 Å². The van der Waals surface area contributed by atoms with E-state index in [0.29, 0.717) is 6.04 Å². The van der Waals surface area contributed by atoms with Gasteiger partial charge in [-0.05, 0) is 20.9 Å². The molecule has 0 saturated heterocycles. The number of hydrogen-bond acceptors (Lipinski definition) is 4. The molecule has 0 atom stereocenters. The summed E-state index contributed by atoms with van der Waals surface area (Å²) in [5.41, 5.74) is 1.08. The largest absolute Gasteiger partial charge is 0.383 e. The minimum atomic E-state index is 0.587. The molecule has 104 valence electrons. The normalized spacial score (nSPS) is 11.7. The monoisotopic (exact) mass is 254 g/mol. The third-order valence-corrected chi connectivity index (χ3v) is 3.07. The van der Waals surface area contributed by atoms with Gasteiger partial charge in [-0.3, -0.25) is 0 Å². The van der Waals surface area contributed by atoms with E-state index < -0.39 is 0 Å². The molecule has 0 aliphatic carbocycles. The fourth-order valence-corrected chi connectivity index (χ4v) is 1.54. The predicted molar refractivity (Wildman–Crippen MR) is 73.6 cm³/mol. The molecular weight excluding hydrogens is 228 g/mol. The summed E-state index contributed by atoms with van der Waals surface area (Å²) in [5.74, 6) is 0. The Morgan fingerprint density at radius 2 is 2.28 bits per heavy atom. The highest BCUT2D eigenvalue weighted by Gasteiger charge is 2.03. The zero-order chi connectivity index (χ0) is 13.4. The molecular formula is C13H26N4O.